The van der Waals surface area contributed by atoms with Crippen molar-refractivity contribution in [3.05, 3.63) is 21.4 Å². The molecular weight excluding hydrogens is 254 g/mol. The van der Waals surface area contributed by atoms with Crippen molar-refractivity contribution >= 4 is 28.9 Å². The third kappa shape index (κ3) is 3.22. The maximum absolute atomic E-state index is 5.52. The first kappa shape index (κ1) is 12.9. The van der Waals surface area contributed by atoms with Gasteiger partial charge in [0, 0.05) is 17.7 Å². The van der Waals surface area contributed by atoms with Gasteiger partial charge in [0.25, 0.3) is 0 Å². The van der Waals surface area contributed by atoms with Crippen molar-refractivity contribution in [2.45, 2.75) is 12.2 Å². The fourth-order valence-electron chi connectivity index (χ4n) is 1.71. The molecule has 0 radical (unpaired) electrons. The van der Waals surface area contributed by atoms with Gasteiger partial charge in [0.1, 0.15) is 0 Å². The first-order valence-corrected chi connectivity index (χ1v) is 7.52. The molecule has 0 bridgehead atoms. The van der Waals surface area contributed by atoms with Crippen LogP contribution in [0.1, 0.15) is 15.3 Å². The number of aryl methyl sites for hydroxylation is 1. The van der Waals surface area contributed by atoms with Crippen LogP contribution in [0, 0.1) is 0 Å². The molecule has 0 unspecified atom stereocenters. The van der Waals surface area contributed by atoms with Gasteiger partial charge in [0.2, 0.25) is 0 Å². The second kappa shape index (κ2) is 6.39. The molecule has 0 aliphatic carbocycles. The molecule has 1 aromatic heterocycles. The van der Waals surface area contributed by atoms with Crippen LogP contribution in [0.15, 0.2) is 11.1 Å². The lowest BCUT2D eigenvalue weighted by molar-refractivity contribution is 0.208. The Morgan fingerprint density at radius 2 is 2.53 bits per heavy atom. The molecule has 0 saturated carbocycles. The maximum Gasteiger partial charge on any atom is 0.152 e. The van der Waals surface area contributed by atoms with Crippen LogP contribution in [0.2, 0.25) is 0 Å². The number of thioether (sulfide) groups is 1. The van der Waals surface area contributed by atoms with E-state index in [1.807, 2.05) is 11.8 Å². The van der Waals surface area contributed by atoms with Crippen LogP contribution in [0.25, 0.3) is 0 Å². The van der Waals surface area contributed by atoms with Gasteiger partial charge in [-0.05, 0) is 23.8 Å². The van der Waals surface area contributed by atoms with E-state index in [0.29, 0.717) is 13.2 Å². The molecule has 2 rings (SSSR count). The van der Waals surface area contributed by atoms with Gasteiger partial charge in [-0.3, -0.25) is 4.99 Å². The number of nitrogens with two attached hydrogens (primary N) is 1. The molecule has 0 fully saturated rings. The lowest BCUT2D eigenvalue weighted by atomic mass is 10.2. The van der Waals surface area contributed by atoms with E-state index in [1.54, 1.807) is 18.4 Å². The Bertz CT molecular complexity index is 380. The zero-order valence-electron chi connectivity index (χ0n) is 9.86. The molecule has 1 aromatic rings. The van der Waals surface area contributed by atoms with Crippen LogP contribution in [0.4, 0.5) is 0 Å². The van der Waals surface area contributed by atoms with Gasteiger partial charge >= 0.3 is 0 Å². The van der Waals surface area contributed by atoms with E-state index in [2.05, 4.69) is 16.5 Å². The molecule has 4 nitrogen and oxygen atoms in total. The number of thiophene rings is 1. The Balaban J connectivity index is 2.13. The molecule has 94 valence electrons. The molecule has 0 atom stereocenters. The number of nitrogens with zero attached hydrogens (tertiary/aromatic N) is 1. The summed E-state index contributed by atoms with van der Waals surface area (Å²) in [5, 5.41) is 0. The van der Waals surface area contributed by atoms with E-state index < -0.39 is 0 Å². The van der Waals surface area contributed by atoms with Gasteiger partial charge in [-0.15, -0.1) is 11.3 Å². The van der Waals surface area contributed by atoms with E-state index >= 15 is 0 Å². The summed E-state index contributed by atoms with van der Waals surface area (Å²) >= 11 is 3.79. The van der Waals surface area contributed by atoms with E-state index in [9.17, 15) is 0 Å². The van der Waals surface area contributed by atoms with Gasteiger partial charge < -0.3 is 10.2 Å². The highest BCUT2D eigenvalue weighted by atomic mass is 32.2. The van der Waals surface area contributed by atoms with Crippen LogP contribution in [0.3, 0.4) is 0 Å². The summed E-state index contributed by atoms with van der Waals surface area (Å²) < 4.78 is 4.98. The van der Waals surface area contributed by atoms with Crippen LogP contribution in [-0.4, -0.2) is 31.8 Å². The Labute approximate surface area is 110 Å². The van der Waals surface area contributed by atoms with Crippen LogP contribution < -0.4 is 11.3 Å². The predicted molar refractivity (Wildman–Crippen MR) is 74.8 cm³/mol. The number of nitrogens with one attached hydrogen (secondary N) is 1. The van der Waals surface area contributed by atoms with Gasteiger partial charge in [0.15, 0.2) is 5.84 Å². The lowest BCUT2D eigenvalue weighted by Crippen LogP contribution is -2.30. The Hall–Kier alpha value is -0.560. The molecule has 17 heavy (non-hydrogen) atoms. The fraction of sp³-hybridized carbons (Fsp3) is 0.545. The second-order valence-corrected chi connectivity index (χ2v) is 5.97. The van der Waals surface area contributed by atoms with Gasteiger partial charge in [-0.2, -0.15) is 11.8 Å². The van der Waals surface area contributed by atoms with E-state index in [4.69, 9.17) is 10.6 Å². The van der Waals surface area contributed by atoms with Crippen LogP contribution in [-0.2, 0) is 16.9 Å². The molecule has 1 aliphatic rings. The number of hydrogen-bond donors (Lipinski definition) is 2. The maximum atomic E-state index is 5.52. The second-order valence-electron chi connectivity index (χ2n) is 3.73. The van der Waals surface area contributed by atoms with E-state index in [-0.39, 0.29) is 0 Å². The summed E-state index contributed by atoms with van der Waals surface area (Å²) in [7, 11) is 1.67. The van der Waals surface area contributed by atoms with Crippen molar-refractivity contribution in [1.29, 1.82) is 0 Å². The summed E-state index contributed by atoms with van der Waals surface area (Å²) in [6.45, 7) is 1.25. The largest absolute Gasteiger partial charge is 0.383 e. The minimum atomic E-state index is 0.617. The van der Waals surface area contributed by atoms with E-state index in [0.717, 1.165) is 16.5 Å². The number of rotatable bonds is 4. The van der Waals surface area contributed by atoms with Crippen molar-refractivity contribution in [3.8, 4) is 0 Å². The van der Waals surface area contributed by atoms with Crippen molar-refractivity contribution in [3.63, 3.8) is 0 Å². The normalized spacial score (nSPS) is 15.8. The number of fused-ring (bicyclic) bond motifs is 1. The molecular formula is C11H17N3OS2. The van der Waals surface area contributed by atoms with Crippen molar-refractivity contribution in [2.75, 3.05) is 26.0 Å². The van der Waals surface area contributed by atoms with Crippen molar-refractivity contribution in [2.24, 2.45) is 10.8 Å². The molecule has 0 saturated heterocycles. The standard InChI is InChI=1S/C11H17N3OS2/c1-15-4-3-13-11(14-12)10-6-8-7-16-5-2-9(8)17-10/h6H,2-5,7,12H2,1H3,(H,13,14). The SMILES string of the molecule is COCCN=C(NN)c1cc2c(s1)CCSC2. The average molecular weight is 271 g/mol. The minimum absolute atomic E-state index is 0.617. The number of methoxy groups -OCH3 is 1. The Morgan fingerprint density at radius 1 is 1.65 bits per heavy atom. The van der Waals surface area contributed by atoms with Crippen LogP contribution >= 0.6 is 23.1 Å². The molecule has 0 amide bonds. The molecule has 3 N–H and O–H groups in total. The highest BCUT2D eigenvalue weighted by molar-refractivity contribution is 7.98. The number of aliphatic imine (C=N–C) groups is 1. The van der Waals surface area contributed by atoms with Crippen molar-refractivity contribution in [1.82, 2.24) is 5.43 Å². The summed E-state index contributed by atoms with van der Waals surface area (Å²) in [6, 6.07) is 2.21. The lowest BCUT2D eigenvalue weighted by Gasteiger charge is -2.08. The van der Waals surface area contributed by atoms with Gasteiger partial charge in [-0.25, -0.2) is 5.84 Å². The average Bonchev–Trinajstić information content (AvgIpc) is 2.78. The Morgan fingerprint density at radius 3 is 3.24 bits per heavy atom. The summed E-state index contributed by atoms with van der Waals surface area (Å²) in [5.41, 5.74) is 4.13. The number of ether oxygens (including phenoxy) is 1. The fourth-order valence-corrected chi connectivity index (χ4v) is 4.05. The predicted octanol–water partition coefficient (Wildman–Crippen LogP) is 1.39. The monoisotopic (exact) mass is 271 g/mol. The molecule has 6 heteroatoms. The number of hydrazine groups is 1. The first-order valence-electron chi connectivity index (χ1n) is 5.55. The number of amidine groups is 1. The summed E-state index contributed by atoms with van der Waals surface area (Å²) in [6.07, 6.45) is 1.17. The zero-order valence-corrected chi connectivity index (χ0v) is 11.5. The number of hydrogen-bond acceptors (Lipinski definition) is 5. The third-order valence-corrected chi connectivity index (χ3v) is 4.81. The van der Waals surface area contributed by atoms with Gasteiger partial charge in [-0.1, -0.05) is 0 Å². The summed E-state index contributed by atoms with van der Waals surface area (Å²) in [5.74, 6) is 8.63. The molecule has 1 aliphatic heterocycles. The topological polar surface area (TPSA) is 59.6 Å². The molecule has 0 spiro atoms. The third-order valence-electron chi connectivity index (χ3n) is 2.56. The highest BCUT2D eigenvalue weighted by Crippen LogP contribution is 2.31. The minimum Gasteiger partial charge on any atom is -0.383 e. The molecule has 2 heterocycles. The molecule has 0 aromatic carbocycles. The summed E-state index contributed by atoms with van der Waals surface area (Å²) in [4.78, 5) is 7.02. The van der Waals surface area contributed by atoms with Gasteiger partial charge in [0.05, 0.1) is 18.0 Å². The Kier molecular flexibility index (Phi) is 4.85. The zero-order chi connectivity index (χ0) is 12.1. The first-order chi connectivity index (χ1) is 8.35. The van der Waals surface area contributed by atoms with Crippen molar-refractivity contribution < 1.29 is 4.74 Å². The van der Waals surface area contributed by atoms with Crippen LogP contribution in [0.5, 0.6) is 0 Å². The quantitative estimate of drug-likeness (QED) is 0.286. The smallest absolute Gasteiger partial charge is 0.152 e. The highest BCUT2D eigenvalue weighted by Gasteiger charge is 2.15. The van der Waals surface area contributed by atoms with E-state index in [1.165, 1.54) is 22.6 Å².